The summed E-state index contributed by atoms with van der Waals surface area (Å²) in [6, 6.07) is 10.5. The number of carbonyl (C=O) groups excluding carboxylic acids is 1. The lowest BCUT2D eigenvalue weighted by Gasteiger charge is -2.09. The van der Waals surface area contributed by atoms with Crippen LogP contribution in [0, 0.1) is 6.92 Å². The van der Waals surface area contributed by atoms with Crippen LogP contribution >= 0.6 is 11.6 Å². The van der Waals surface area contributed by atoms with Crippen LogP contribution in [-0.4, -0.2) is 11.0 Å². The number of carbonyl (C=O) groups is 1. The number of hydrogen-bond donors (Lipinski definition) is 2. The molecular formula is C13H12ClN3O. The van der Waals surface area contributed by atoms with Gasteiger partial charge in [0.25, 0.3) is 0 Å². The fraction of sp³-hybridized carbons (Fsp3) is 0.0769. The third-order valence-corrected chi connectivity index (χ3v) is 2.59. The molecule has 4 nitrogen and oxygen atoms in total. The van der Waals surface area contributed by atoms with E-state index < -0.39 is 0 Å². The van der Waals surface area contributed by atoms with Gasteiger partial charge in [-0.3, -0.25) is 5.32 Å². The van der Waals surface area contributed by atoms with Crippen LogP contribution in [0.25, 0.3) is 0 Å². The van der Waals surface area contributed by atoms with Gasteiger partial charge in [0.05, 0.1) is 5.02 Å². The highest BCUT2D eigenvalue weighted by Crippen LogP contribution is 2.14. The van der Waals surface area contributed by atoms with Crippen LogP contribution in [0.4, 0.5) is 16.3 Å². The maximum absolute atomic E-state index is 11.7. The monoisotopic (exact) mass is 261 g/mol. The maximum Gasteiger partial charge on any atom is 0.324 e. The average molecular weight is 262 g/mol. The first kappa shape index (κ1) is 12.4. The molecule has 0 radical (unpaired) electrons. The van der Waals surface area contributed by atoms with Gasteiger partial charge in [-0.1, -0.05) is 29.8 Å². The summed E-state index contributed by atoms with van der Waals surface area (Å²) in [5.41, 5.74) is 1.76. The summed E-state index contributed by atoms with van der Waals surface area (Å²) in [6.07, 6.45) is 1.48. The minimum absolute atomic E-state index is 0.334. The van der Waals surface area contributed by atoms with E-state index >= 15 is 0 Å². The Kier molecular flexibility index (Phi) is 3.79. The van der Waals surface area contributed by atoms with Gasteiger partial charge in [0.15, 0.2) is 0 Å². The molecule has 2 rings (SSSR count). The molecule has 92 valence electrons. The fourth-order valence-electron chi connectivity index (χ4n) is 1.43. The van der Waals surface area contributed by atoms with E-state index in [0.717, 1.165) is 11.3 Å². The number of hydrogen-bond acceptors (Lipinski definition) is 2. The van der Waals surface area contributed by atoms with Gasteiger partial charge in [-0.05, 0) is 30.7 Å². The minimum atomic E-state index is -0.334. The highest BCUT2D eigenvalue weighted by atomic mass is 35.5. The van der Waals surface area contributed by atoms with Crippen LogP contribution in [0.3, 0.4) is 0 Å². The second-order valence-electron chi connectivity index (χ2n) is 3.76. The van der Waals surface area contributed by atoms with E-state index in [0.29, 0.717) is 10.8 Å². The molecule has 0 saturated carbocycles. The van der Waals surface area contributed by atoms with Crippen LogP contribution in [-0.2, 0) is 0 Å². The fourth-order valence-corrected chi connectivity index (χ4v) is 1.54. The zero-order chi connectivity index (χ0) is 13.0. The van der Waals surface area contributed by atoms with Crippen molar-refractivity contribution in [1.82, 2.24) is 4.98 Å². The topological polar surface area (TPSA) is 54.0 Å². The molecule has 0 unspecified atom stereocenters. The Bertz CT molecular complexity index is 554. The first-order valence-corrected chi connectivity index (χ1v) is 5.78. The lowest BCUT2D eigenvalue weighted by molar-refractivity contribution is 0.262. The van der Waals surface area contributed by atoms with Crippen molar-refractivity contribution in [2.45, 2.75) is 6.92 Å². The summed E-state index contributed by atoms with van der Waals surface area (Å²) in [6.45, 7) is 1.93. The number of nitrogens with zero attached hydrogens (tertiary/aromatic N) is 1. The molecule has 2 N–H and O–H groups in total. The highest BCUT2D eigenvalue weighted by molar-refractivity contribution is 6.30. The van der Waals surface area contributed by atoms with E-state index in [-0.39, 0.29) is 6.03 Å². The second-order valence-corrected chi connectivity index (χ2v) is 4.19. The molecule has 2 aromatic rings. The number of urea groups is 1. The number of rotatable bonds is 2. The highest BCUT2D eigenvalue weighted by Gasteiger charge is 2.04. The Hall–Kier alpha value is -2.07. The van der Waals surface area contributed by atoms with Crippen LogP contribution in [0.5, 0.6) is 0 Å². The molecule has 2 amide bonds. The predicted molar refractivity (Wildman–Crippen MR) is 73.1 cm³/mol. The average Bonchev–Trinajstić information content (AvgIpc) is 2.35. The number of pyridine rings is 1. The van der Waals surface area contributed by atoms with Crippen molar-refractivity contribution >= 4 is 29.1 Å². The zero-order valence-corrected chi connectivity index (χ0v) is 10.5. The molecule has 0 aliphatic heterocycles. The van der Waals surface area contributed by atoms with Crippen molar-refractivity contribution in [2.24, 2.45) is 0 Å². The van der Waals surface area contributed by atoms with E-state index in [4.69, 9.17) is 11.6 Å². The normalized spacial score (nSPS) is 9.89. The standard InChI is InChI=1S/C13H12ClN3O/c1-9-4-2-3-5-11(9)16-13(18)17-12-7-6-10(14)8-15-12/h2-8H,1H3,(H2,15,16,17,18). The van der Waals surface area contributed by atoms with E-state index in [9.17, 15) is 4.79 Å². The lowest BCUT2D eigenvalue weighted by atomic mass is 10.2. The van der Waals surface area contributed by atoms with E-state index in [1.165, 1.54) is 6.20 Å². The van der Waals surface area contributed by atoms with Gasteiger partial charge >= 0.3 is 6.03 Å². The number of para-hydroxylation sites is 1. The van der Waals surface area contributed by atoms with Gasteiger partial charge in [-0.2, -0.15) is 0 Å². The molecule has 0 atom stereocenters. The van der Waals surface area contributed by atoms with Crippen molar-refractivity contribution in [3.63, 3.8) is 0 Å². The first-order chi connectivity index (χ1) is 8.65. The van der Waals surface area contributed by atoms with Gasteiger partial charge < -0.3 is 5.32 Å². The SMILES string of the molecule is Cc1ccccc1NC(=O)Nc1ccc(Cl)cn1. The van der Waals surface area contributed by atoms with Crippen LogP contribution in [0.2, 0.25) is 5.02 Å². The molecule has 1 heterocycles. The second kappa shape index (κ2) is 5.51. The smallest absolute Gasteiger partial charge is 0.307 e. The van der Waals surface area contributed by atoms with Crippen molar-refractivity contribution in [3.05, 3.63) is 53.2 Å². The molecule has 0 fully saturated rings. The summed E-state index contributed by atoms with van der Waals surface area (Å²) in [4.78, 5) is 15.7. The van der Waals surface area contributed by atoms with Gasteiger partial charge in [0.2, 0.25) is 0 Å². The van der Waals surface area contributed by atoms with E-state index in [1.807, 2.05) is 31.2 Å². The largest absolute Gasteiger partial charge is 0.324 e. The van der Waals surface area contributed by atoms with Crippen LogP contribution in [0.1, 0.15) is 5.56 Å². The number of nitrogens with one attached hydrogen (secondary N) is 2. The number of aryl methyl sites for hydroxylation is 1. The maximum atomic E-state index is 11.7. The van der Waals surface area contributed by atoms with Crippen molar-refractivity contribution in [1.29, 1.82) is 0 Å². The summed E-state index contributed by atoms with van der Waals surface area (Å²) >= 11 is 5.71. The quantitative estimate of drug-likeness (QED) is 0.866. The van der Waals surface area contributed by atoms with Crippen LogP contribution in [0.15, 0.2) is 42.6 Å². The number of anilines is 2. The summed E-state index contributed by atoms with van der Waals surface area (Å²) in [7, 11) is 0. The van der Waals surface area contributed by atoms with E-state index in [2.05, 4.69) is 15.6 Å². The number of benzene rings is 1. The molecule has 1 aromatic carbocycles. The molecule has 0 saturated heterocycles. The van der Waals surface area contributed by atoms with Crippen molar-refractivity contribution < 1.29 is 4.79 Å². The van der Waals surface area contributed by atoms with Gasteiger partial charge in [0, 0.05) is 11.9 Å². The predicted octanol–water partition coefficient (Wildman–Crippen LogP) is 3.69. The summed E-state index contributed by atoms with van der Waals surface area (Å²) in [5.74, 6) is 0.450. The van der Waals surface area contributed by atoms with Gasteiger partial charge in [0.1, 0.15) is 5.82 Å². The van der Waals surface area contributed by atoms with Crippen LogP contribution < -0.4 is 10.6 Å². The summed E-state index contributed by atoms with van der Waals surface area (Å²) in [5, 5.41) is 5.90. The summed E-state index contributed by atoms with van der Waals surface area (Å²) < 4.78 is 0. The Morgan fingerprint density at radius 3 is 2.61 bits per heavy atom. The molecular weight excluding hydrogens is 250 g/mol. The Labute approximate surface area is 110 Å². The van der Waals surface area contributed by atoms with Crippen molar-refractivity contribution in [2.75, 3.05) is 10.6 Å². The molecule has 0 bridgehead atoms. The number of aromatic nitrogens is 1. The molecule has 1 aromatic heterocycles. The molecule has 18 heavy (non-hydrogen) atoms. The third-order valence-electron chi connectivity index (χ3n) is 2.36. The zero-order valence-electron chi connectivity index (χ0n) is 9.77. The molecule has 5 heteroatoms. The third kappa shape index (κ3) is 3.21. The van der Waals surface area contributed by atoms with Gasteiger partial charge in [-0.25, -0.2) is 9.78 Å². The first-order valence-electron chi connectivity index (χ1n) is 5.40. The Morgan fingerprint density at radius 1 is 1.17 bits per heavy atom. The van der Waals surface area contributed by atoms with Crippen molar-refractivity contribution in [3.8, 4) is 0 Å². The minimum Gasteiger partial charge on any atom is -0.307 e. The Morgan fingerprint density at radius 2 is 1.94 bits per heavy atom. The number of amides is 2. The van der Waals surface area contributed by atoms with Gasteiger partial charge in [-0.15, -0.1) is 0 Å². The molecule has 0 aliphatic rings. The lowest BCUT2D eigenvalue weighted by Crippen LogP contribution is -2.20. The van der Waals surface area contributed by atoms with E-state index in [1.54, 1.807) is 12.1 Å². The molecule has 0 spiro atoms. The number of halogens is 1. The molecule has 0 aliphatic carbocycles. The Balaban J connectivity index is 2.01.